The number of hydrogen-bond donors (Lipinski definition) is 3. The van der Waals surface area contributed by atoms with Crippen LogP contribution in [0.15, 0.2) is 30.5 Å². The van der Waals surface area contributed by atoms with E-state index in [0.29, 0.717) is 17.8 Å². The first-order chi connectivity index (χ1) is 13.8. The maximum absolute atomic E-state index is 12.7. The van der Waals surface area contributed by atoms with Gasteiger partial charge in [-0.15, -0.1) is 0 Å². The fourth-order valence-electron chi connectivity index (χ4n) is 3.66. The lowest BCUT2D eigenvalue weighted by atomic mass is 10.1. The molecule has 0 spiro atoms. The van der Waals surface area contributed by atoms with Crippen molar-refractivity contribution in [1.29, 1.82) is 0 Å². The number of nitrogens with one attached hydrogen (secondary N) is 3. The molecule has 1 saturated heterocycles. The molecule has 0 aliphatic carbocycles. The van der Waals surface area contributed by atoms with E-state index in [1.165, 1.54) is 0 Å². The lowest BCUT2D eigenvalue weighted by Gasteiger charge is -2.13. The van der Waals surface area contributed by atoms with Gasteiger partial charge in [-0.1, -0.05) is 18.2 Å². The van der Waals surface area contributed by atoms with E-state index in [0.717, 1.165) is 27.1 Å². The number of imide groups is 1. The smallest absolute Gasteiger partial charge is 0.325 e. The molecule has 4 rings (SSSR count). The molecule has 1 fully saturated rings. The molecule has 1 aliphatic heterocycles. The molecule has 4 amide bonds. The van der Waals surface area contributed by atoms with Gasteiger partial charge in [0.2, 0.25) is 5.91 Å². The van der Waals surface area contributed by atoms with Crippen molar-refractivity contribution < 1.29 is 14.4 Å². The fourth-order valence-corrected chi connectivity index (χ4v) is 3.66. The van der Waals surface area contributed by atoms with Crippen LogP contribution in [-0.4, -0.2) is 50.1 Å². The molecule has 3 N–H and O–H groups in total. The summed E-state index contributed by atoms with van der Waals surface area (Å²) in [7, 11) is 1.78. The van der Waals surface area contributed by atoms with Gasteiger partial charge in [-0.3, -0.25) is 19.2 Å². The van der Waals surface area contributed by atoms with E-state index in [4.69, 9.17) is 0 Å². The Morgan fingerprint density at radius 3 is 2.72 bits per heavy atom. The largest absolute Gasteiger partial charge is 0.361 e. The van der Waals surface area contributed by atoms with E-state index in [9.17, 15) is 14.4 Å². The third kappa shape index (κ3) is 3.35. The van der Waals surface area contributed by atoms with Gasteiger partial charge in [0.25, 0.3) is 5.91 Å². The van der Waals surface area contributed by atoms with Crippen LogP contribution in [0.3, 0.4) is 0 Å². The molecular weight excluding hydrogens is 372 g/mol. The highest BCUT2D eigenvalue weighted by atomic mass is 16.2. The van der Waals surface area contributed by atoms with Crippen molar-refractivity contribution in [1.82, 2.24) is 25.0 Å². The summed E-state index contributed by atoms with van der Waals surface area (Å²) in [5.74, 6) is -0.851. The predicted octanol–water partition coefficient (Wildman–Crippen LogP) is 1.62. The van der Waals surface area contributed by atoms with Crippen LogP contribution in [-0.2, 0) is 23.1 Å². The highest BCUT2D eigenvalue weighted by Crippen LogP contribution is 2.22. The lowest BCUT2D eigenvalue weighted by molar-refractivity contribution is -0.130. The number of carbonyl (C=O) groups is 3. The highest BCUT2D eigenvalue weighted by Gasteiger charge is 2.39. The van der Waals surface area contributed by atoms with Crippen LogP contribution < -0.4 is 10.6 Å². The molecule has 9 nitrogen and oxygen atoms in total. The Labute approximate surface area is 167 Å². The number of aromatic amines is 1. The zero-order valence-electron chi connectivity index (χ0n) is 16.4. The Kier molecular flexibility index (Phi) is 4.57. The Hall–Kier alpha value is -3.62. The Bertz CT molecular complexity index is 1130. The van der Waals surface area contributed by atoms with Crippen LogP contribution in [0.2, 0.25) is 0 Å². The number of fused-ring (bicyclic) bond motifs is 1. The second-order valence-electron chi connectivity index (χ2n) is 7.21. The van der Waals surface area contributed by atoms with Gasteiger partial charge in [-0.2, -0.15) is 5.10 Å². The third-order valence-electron chi connectivity index (χ3n) is 5.28. The SMILES string of the molecule is Cc1nn(C)c(C)c1NC(=O)CN1C(=O)N[C@H](Cc2c[nH]c3ccccc23)C1=O. The van der Waals surface area contributed by atoms with Crippen LogP contribution in [0.1, 0.15) is 17.0 Å². The quantitative estimate of drug-likeness (QED) is 0.571. The standard InChI is InChI=1S/C20H22N6O3/c1-11-18(12(2)25(3)24-11)23-17(27)10-26-19(28)16(22-20(26)29)8-13-9-21-15-7-5-4-6-14(13)15/h4-7,9,16,21H,8,10H2,1-3H3,(H,22,29)(H,23,27)/t16-/m1/s1. The van der Waals surface area contributed by atoms with Crippen molar-refractivity contribution in [3.63, 3.8) is 0 Å². The number of urea groups is 1. The van der Waals surface area contributed by atoms with Crippen molar-refractivity contribution in [2.45, 2.75) is 26.3 Å². The van der Waals surface area contributed by atoms with Crippen LogP contribution in [0.25, 0.3) is 10.9 Å². The number of hydrogen-bond acceptors (Lipinski definition) is 4. The topological polar surface area (TPSA) is 112 Å². The number of benzene rings is 1. The number of H-pyrrole nitrogens is 1. The minimum absolute atomic E-state index is 0.344. The average molecular weight is 394 g/mol. The monoisotopic (exact) mass is 394 g/mol. The predicted molar refractivity (Wildman–Crippen MR) is 107 cm³/mol. The number of aryl methyl sites for hydroxylation is 2. The minimum Gasteiger partial charge on any atom is -0.361 e. The number of nitrogens with zero attached hydrogens (tertiary/aromatic N) is 3. The van der Waals surface area contributed by atoms with Crippen LogP contribution >= 0.6 is 0 Å². The fraction of sp³-hybridized carbons (Fsp3) is 0.300. The number of aromatic nitrogens is 3. The number of para-hydroxylation sites is 1. The van der Waals surface area contributed by atoms with E-state index < -0.39 is 23.9 Å². The summed E-state index contributed by atoms with van der Waals surface area (Å²) in [6.45, 7) is 3.27. The molecule has 150 valence electrons. The lowest BCUT2D eigenvalue weighted by Crippen LogP contribution is -2.38. The van der Waals surface area contributed by atoms with E-state index in [2.05, 4.69) is 20.7 Å². The second kappa shape index (κ2) is 7.08. The van der Waals surface area contributed by atoms with Crippen molar-refractivity contribution in [3.05, 3.63) is 47.4 Å². The molecule has 9 heteroatoms. The first-order valence-electron chi connectivity index (χ1n) is 9.32. The number of carbonyl (C=O) groups excluding carboxylic acids is 3. The van der Waals surface area contributed by atoms with Gasteiger partial charge < -0.3 is 15.6 Å². The van der Waals surface area contributed by atoms with Crippen molar-refractivity contribution in [3.8, 4) is 0 Å². The average Bonchev–Trinajstić information content (AvgIpc) is 3.29. The molecule has 3 heterocycles. The molecule has 29 heavy (non-hydrogen) atoms. The van der Waals surface area contributed by atoms with Gasteiger partial charge >= 0.3 is 6.03 Å². The highest BCUT2D eigenvalue weighted by molar-refractivity contribution is 6.08. The van der Waals surface area contributed by atoms with E-state index in [1.807, 2.05) is 37.4 Å². The number of rotatable bonds is 5. The van der Waals surface area contributed by atoms with Crippen molar-refractivity contribution in [2.24, 2.45) is 7.05 Å². The minimum atomic E-state index is -0.698. The molecule has 0 saturated carbocycles. The van der Waals surface area contributed by atoms with Gasteiger partial charge in [-0.25, -0.2) is 4.79 Å². The van der Waals surface area contributed by atoms with E-state index in [1.54, 1.807) is 18.7 Å². The maximum Gasteiger partial charge on any atom is 0.325 e. The van der Waals surface area contributed by atoms with Crippen LogP contribution in [0.5, 0.6) is 0 Å². The Balaban J connectivity index is 1.44. The molecule has 1 aromatic carbocycles. The molecule has 0 bridgehead atoms. The third-order valence-corrected chi connectivity index (χ3v) is 5.28. The van der Waals surface area contributed by atoms with E-state index in [-0.39, 0.29) is 6.54 Å². The molecule has 0 radical (unpaired) electrons. The van der Waals surface area contributed by atoms with Gasteiger partial charge in [-0.05, 0) is 25.5 Å². The summed E-state index contributed by atoms with van der Waals surface area (Å²) in [6, 6.07) is 6.51. The summed E-state index contributed by atoms with van der Waals surface area (Å²) in [5.41, 5.74) is 3.97. The van der Waals surface area contributed by atoms with Gasteiger partial charge in [0.15, 0.2) is 0 Å². The summed E-state index contributed by atoms with van der Waals surface area (Å²) in [6.07, 6.45) is 2.20. The summed E-state index contributed by atoms with van der Waals surface area (Å²) < 4.78 is 1.66. The Morgan fingerprint density at radius 1 is 1.24 bits per heavy atom. The molecule has 0 unspecified atom stereocenters. The van der Waals surface area contributed by atoms with E-state index >= 15 is 0 Å². The molecular formula is C20H22N6O3. The first-order valence-corrected chi connectivity index (χ1v) is 9.32. The molecule has 1 atom stereocenters. The maximum atomic E-state index is 12.7. The number of anilines is 1. The van der Waals surface area contributed by atoms with Gasteiger partial charge in [0, 0.05) is 30.6 Å². The molecule has 2 aromatic heterocycles. The number of amides is 4. The molecule has 1 aliphatic rings. The van der Waals surface area contributed by atoms with Crippen molar-refractivity contribution >= 4 is 34.4 Å². The summed E-state index contributed by atoms with van der Waals surface area (Å²) in [4.78, 5) is 41.6. The summed E-state index contributed by atoms with van der Waals surface area (Å²) >= 11 is 0. The van der Waals surface area contributed by atoms with Crippen LogP contribution in [0, 0.1) is 13.8 Å². The second-order valence-corrected chi connectivity index (χ2v) is 7.21. The van der Waals surface area contributed by atoms with Gasteiger partial charge in [0.05, 0.1) is 17.1 Å². The summed E-state index contributed by atoms with van der Waals surface area (Å²) in [5, 5.41) is 10.7. The normalized spacial score (nSPS) is 16.5. The zero-order chi connectivity index (χ0) is 20.7. The Morgan fingerprint density at radius 2 is 2.00 bits per heavy atom. The van der Waals surface area contributed by atoms with Gasteiger partial charge in [0.1, 0.15) is 12.6 Å². The van der Waals surface area contributed by atoms with Crippen LogP contribution in [0.4, 0.5) is 10.5 Å². The molecule has 3 aromatic rings. The van der Waals surface area contributed by atoms with Crippen molar-refractivity contribution in [2.75, 3.05) is 11.9 Å². The zero-order valence-corrected chi connectivity index (χ0v) is 16.4. The first kappa shape index (κ1) is 18.7.